The Balaban J connectivity index is 2.13. The number of rotatable bonds is 5. The lowest BCUT2D eigenvalue weighted by Crippen LogP contribution is -2.28. The van der Waals surface area contributed by atoms with E-state index in [1.165, 1.54) is 0 Å². The molecule has 1 aromatic rings. The highest BCUT2D eigenvalue weighted by Gasteiger charge is 2.31. The van der Waals surface area contributed by atoms with Crippen LogP contribution in [0.25, 0.3) is 0 Å². The van der Waals surface area contributed by atoms with Crippen molar-refractivity contribution in [1.82, 2.24) is 4.31 Å². The molecule has 2 rings (SSSR count). The zero-order valence-electron chi connectivity index (χ0n) is 11.7. The standard InChI is InChI=1S/C15H20N2O2S/c1-2-3-14-9-11-17(12-14)20(18,19)15-6-4-13(5-7-15)8-10-16/h4-7,14H,2-3,8-9,11-12H2,1H3. The molecular weight excluding hydrogens is 272 g/mol. The van der Waals surface area contributed by atoms with Gasteiger partial charge in [-0.15, -0.1) is 0 Å². The fourth-order valence-corrected chi connectivity index (χ4v) is 4.21. The van der Waals surface area contributed by atoms with Crippen molar-refractivity contribution in [3.8, 4) is 6.07 Å². The van der Waals surface area contributed by atoms with E-state index in [0.29, 0.717) is 30.3 Å². The Bertz CT molecular complexity index is 587. The number of sulfonamides is 1. The first-order valence-corrected chi connectivity index (χ1v) is 8.48. The van der Waals surface area contributed by atoms with E-state index < -0.39 is 10.0 Å². The molecule has 4 nitrogen and oxygen atoms in total. The molecule has 1 unspecified atom stereocenters. The number of nitriles is 1. The van der Waals surface area contributed by atoms with Gasteiger partial charge in [0, 0.05) is 13.1 Å². The summed E-state index contributed by atoms with van der Waals surface area (Å²) in [5.41, 5.74) is 0.844. The van der Waals surface area contributed by atoms with E-state index in [4.69, 9.17) is 5.26 Å². The van der Waals surface area contributed by atoms with Crippen molar-refractivity contribution < 1.29 is 8.42 Å². The van der Waals surface area contributed by atoms with Gasteiger partial charge in [-0.1, -0.05) is 25.5 Å². The Kier molecular flexibility index (Phi) is 4.79. The predicted octanol–water partition coefficient (Wildman–Crippen LogP) is 2.56. The van der Waals surface area contributed by atoms with Crippen molar-refractivity contribution in [2.75, 3.05) is 13.1 Å². The summed E-state index contributed by atoms with van der Waals surface area (Å²) in [6.45, 7) is 3.38. The van der Waals surface area contributed by atoms with Crippen LogP contribution in [0.2, 0.25) is 0 Å². The monoisotopic (exact) mass is 292 g/mol. The van der Waals surface area contributed by atoms with E-state index in [2.05, 4.69) is 13.0 Å². The van der Waals surface area contributed by atoms with Gasteiger partial charge in [0.15, 0.2) is 0 Å². The van der Waals surface area contributed by atoms with Crippen LogP contribution in [0, 0.1) is 17.2 Å². The molecule has 1 saturated heterocycles. The van der Waals surface area contributed by atoms with Crippen molar-refractivity contribution in [2.24, 2.45) is 5.92 Å². The molecule has 0 amide bonds. The second-order valence-corrected chi connectivity index (χ2v) is 7.22. The second kappa shape index (κ2) is 6.38. The van der Waals surface area contributed by atoms with Crippen molar-refractivity contribution in [1.29, 1.82) is 5.26 Å². The first-order valence-electron chi connectivity index (χ1n) is 7.04. The van der Waals surface area contributed by atoms with Crippen molar-refractivity contribution in [3.05, 3.63) is 29.8 Å². The van der Waals surface area contributed by atoms with Crippen LogP contribution in [-0.2, 0) is 16.4 Å². The van der Waals surface area contributed by atoms with Crippen LogP contribution >= 0.6 is 0 Å². The van der Waals surface area contributed by atoms with E-state index >= 15 is 0 Å². The van der Waals surface area contributed by atoms with Gasteiger partial charge in [0.1, 0.15) is 0 Å². The summed E-state index contributed by atoms with van der Waals surface area (Å²) in [7, 11) is -3.37. The molecule has 1 fully saturated rings. The van der Waals surface area contributed by atoms with Gasteiger partial charge in [-0.05, 0) is 36.5 Å². The summed E-state index contributed by atoms with van der Waals surface area (Å²) >= 11 is 0. The first-order chi connectivity index (χ1) is 9.57. The normalized spacial score (nSPS) is 19.9. The highest BCUT2D eigenvalue weighted by molar-refractivity contribution is 7.89. The number of hydrogen-bond donors (Lipinski definition) is 0. The van der Waals surface area contributed by atoms with Gasteiger partial charge in [-0.3, -0.25) is 0 Å². The molecule has 1 aliphatic heterocycles. The molecule has 108 valence electrons. The smallest absolute Gasteiger partial charge is 0.207 e. The SMILES string of the molecule is CCCC1CCN(S(=O)(=O)c2ccc(CC#N)cc2)C1. The number of benzene rings is 1. The molecule has 1 heterocycles. The molecule has 20 heavy (non-hydrogen) atoms. The van der Waals surface area contributed by atoms with Gasteiger partial charge < -0.3 is 0 Å². The first kappa shape index (κ1) is 15.0. The molecule has 0 N–H and O–H groups in total. The summed E-state index contributed by atoms with van der Waals surface area (Å²) in [5.74, 6) is 0.493. The van der Waals surface area contributed by atoms with Crippen molar-refractivity contribution >= 4 is 10.0 Å². The van der Waals surface area contributed by atoms with Crippen LogP contribution in [0.4, 0.5) is 0 Å². The largest absolute Gasteiger partial charge is 0.243 e. The Morgan fingerprint density at radius 1 is 1.35 bits per heavy atom. The maximum Gasteiger partial charge on any atom is 0.243 e. The number of nitrogens with zero attached hydrogens (tertiary/aromatic N) is 2. The third-order valence-electron chi connectivity index (χ3n) is 3.79. The zero-order chi connectivity index (χ0) is 14.6. The van der Waals surface area contributed by atoms with Crippen molar-refractivity contribution in [3.63, 3.8) is 0 Å². The minimum atomic E-state index is -3.37. The molecule has 1 aliphatic rings. The van der Waals surface area contributed by atoms with E-state index in [1.54, 1.807) is 28.6 Å². The molecule has 0 saturated carbocycles. The van der Waals surface area contributed by atoms with E-state index in [1.807, 2.05) is 0 Å². The van der Waals surface area contributed by atoms with Gasteiger partial charge >= 0.3 is 0 Å². The summed E-state index contributed by atoms with van der Waals surface area (Å²) in [4.78, 5) is 0.330. The quantitative estimate of drug-likeness (QED) is 0.838. The average molecular weight is 292 g/mol. The van der Waals surface area contributed by atoms with Gasteiger partial charge in [0.05, 0.1) is 17.4 Å². The Morgan fingerprint density at radius 2 is 2.05 bits per heavy atom. The van der Waals surface area contributed by atoms with Crippen LogP contribution in [0.3, 0.4) is 0 Å². The molecule has 0 bridgehead atoms. The van der Waals surface area contributed by atoms with Crippen LogP contribution in [0.15, 0.2) is 29.2 Å². The predicted molar refractivity (Wildman–Crippen MR) is 77.5 cm³/mol. The molecule has 5 heteroatoms. The fraction of sp³-hybridized carbons (Fsp3) is 0.533. The molecule has 0 spiro atoms. The highest BCUT2D eigenvalue weighted by atomic mass is 32.2. The van der Waals surface area contributed by atoms with Gasteiger partial charge in [0.25, 0.3) is 0 Å². The Morgan fingerprint density at radius 3 is 2.65 bits per heavy atom. The molecule has 0 aliphatic carbocycles. The number of hydrogen-bond acceptors (Lipinski definition) is 3. The topological polar surface area (TPSA) is 61.2 Å². The van der Waals surface area contributed by atoms with Crippen LogP contribution in [-0.4, -0.2) is 25.8 Å². The van der Waals surface area contributed by atoms with Gasteiger partial charge in [-0.25, -0.2) is 8.42 Å². The van der Waals surface area contributed by atoms with Crippen molar-refractivity contribution in [2.45, 2.75) is 37.5 Å². The van der Waals surface area contributed by atoms with E-state index in [9.17, 15) is 8.42 Å². The zero-order valence-corrected chi connectivity index (χ0v) is 12.6. The Hall–Kier alpha value is -1.38. The van der Waals surface area contributed by atoms with Crippen LogP contribution < -0.4 is 0 Å². The van der Waals surface area contributed by atoms with Crippen LogP contribution in [0.1, 0.15) is 31.7 Å². The molecule has 0 aromatic heterocycles. The highest BCUT2D eigenvalue weighted by Crippen LogP contribution is 2.26. The maximum atomic E-state index is 12.5. The summed E-state index contributed by atoms with van der Waals surface area (Å²) in [6, 6.07) is 8.71. The lowest BCUT2D eigenvalue weighted by molar-refractivity contribution is 0.444. The Labute approximate surface area is 121 Å². The minimum Gasteiger partial charge on any atom is -0.207 e. The fourth-order valence-electron chi connectivity index (χ4n) is 2.68. The van der Waals surface area contributed by atoms with Gasteiger partial charge in [0.2, 0.25) is 10.0 Å². The third-order valence-corrected chi connectivity index (χ3v) is 5.67. The minimum absolute atomic E-state index is 0.308. The molecule has 0 radical (unpaired) electrons. The van der Waals surface area contributed by atoms with E-state index in [0.717, 1.165) is 24.8 Å². The lowest BCUT2D eigenvalue weighted by Gasteiger charge is -2.16. The lowest BCUT2D eigenvalue weighted by atomic mass is 10.0. The summed E-state index contributed by atoms with van der Waals surface area (Å²) < 4.78 is 26.6. The van der Waals surface area contributed by atoms with E-state index in [-0.39, 0.29) is 0 Å². The molecular formula is C15H20N2O2S. The summed E-state index contributed by atoms with van der Waals surface area (Å²) in [5, 5.41) is 8.62. The molecule has 1 aromatic carbocycles. The summed E-state index contributed by atoms with van der Waals surface area (Å²) in [6.07, 6.45) is 3.46. The molecule has 1 atom stereocenters. The average Bonchev–Trinajstić information content (AvgIpc) is 2.90. The van der Waals surface area contributed by atoms with Gasteiger partial charge in [-0.2, -0.15) is 9.57 Å². The maximum absolute atomic E-state index is 12.5. The van der Waals surface area contributed by atoms with Crippen LogP contribution in [0.5, 0.6) is 0 Å². The second-order valence-electron chi connectivity index (χ2n) is 5.29. The third kappa shape index (κ3) is 3.20.